The van der Waals surface area contributed by atoms with Gasteiger partial charge in [0, 0.05) is 29.2 Å². The van der Waals surface area contributed by atoms with E-state index in [1.54, 1.807) is 24.3 Å². The lowest BCUT2D eigenvalue weighted by molar-refractivity contribution is 0.0963. The Bertz CT molecular complexity index is 1380. The minimum atomic E-state index is -0.419. The molecule has 0 spiro atoms. The summed E-state index contributed by atoms with van der Waals surface area (Å²) >= 11 is 6.52. The lowest BCUT2D eigenvalue weighted by Crippen LogP contribution is -2.19. The molecule has 4 N–H and O–H groups in total. The zero-order valence-electron chi connectivity index (χ0n) is 18.5. The van der Waals surface area contributed by atoms with Gasteiger partial charge in [-0.25, -0.2) is 0 Å². The van der Waals surface area contributed by atoms with Crippen molar-refractivity contribution < 1.29 is 14.7 Å². The van der Waals surface area contributed by atoms with Crippen LogP contribution in [0.1, 0.15) is 47.2 Å². The van der Waals surface area contributed by atoms with Gasteiger partial charge in [-0.1, -0.05) is 38.4 Å². The van der Waals surface area contributed by atoms with Crippen LogP contribution in [-0.4, -0.2) is 43.8 Å². The number of carbonyl (C=O) groups is 2. The molecule has 0 saturated heterocycles. The van der Waals surface area contributed by atoms with Crippen LogP contribution in [0.2, 0.25) is 5.02 Å². The number of nitrogens with one attached hydrogen (secondary N) is 3. The van der Waals surface area contributed by atoms with E-state index in [1.165, 1.54) is 29.9 Å². The second-order valence-electron chi connectivity index (χ2n) is 8.57. The smallest absolute Gasteiger partial charge is 0.255 e. The number of benzene rings is 2. The summed E-state index contributed by atoms with van der Waals surface area (Å²) in [5.41, 5.74) is 2.48. The average Bonchev–Trinajstić information content (AvgIpc) is 3.33. The maximum absolute atomic E-state index is 12.9. The van der Waals surface area contributed by atoms with E-state index in [4.69, 9.17) is 11.6 Å². The molecule has 9 nitrogen and oxygen atoms in total. The van der Waals surface area contributed by atoms with Gasteiger partial charge in [-0.3, -0.25) is 9.59 Å². The second kappa shape index (κ2) is 8.25. The molecule has 0 radical (unpaired) electrons. The first-order valence-electron chi connectivity index (χ1n) is 10.2. The number of anilines is 1. The molecule has 2 heterocycles. The largest absolute Gasteiger partial charge is 0.508 e. The van der Waals surface area contributed by atoms with E-state index in [2.05, 4.69) is 25.8 Å². The molecule has 0 aliphatic carbocycles. The topological polar surface area (TPSA) is 124 Å². The number of hydrogen-bond donors (Lipinski definition) is 4. The Morgan fingerprint density at radius 1 is 1.06 bits per heavy atom. The molecule has 0 atom stereocenters. The zero-order chi connectivity index (χ0) is 23.9. The van der Waals surface area contributed by atoms with Crippen molar-refractivity contribution in [2.24, 2.45) is 0 Å². The van der Waals surface area contributed by atoms with Crippen LogP contribution >= 0.6 is 11.6 Å². The van der Waals surface area contributed by atoms with Crippen molar-refractivity contribution in [2.45, 2.75) is 26.2 Å². The van der Waals surface area contributed by atoms with Crippen molar-refractivity contribution in [1.29, 1.82) is 0 Å². The highest BCUT2D eigenvalue weighted by atomic mass is 35.5. The molecule has 33 heavy (non-hydrogen) atoms. The number of phenolic OH excluding ortho intramolecular Hbond substituents is 1. The summed E-state index contributed by atoms with van der Waals surface area (Å²) < 4.78 is 1.40. The second-order valence-corrected chi connectivity index (χ2v) is 8.95. The van der Waals surface area contributed by atoms with Crippen molar-refractivity contribution in [2.75, 3.05) is 12.4 Å². The molecular weight excluding hydrogens is 444 g/mol. The summed E-state index contributed by atoms with van der Waals surface area (Å²) in [4.78, 5) is 27.9. The molecule has 0 unspecified atom stereocenters. The van der Waals surface area contributed by atoms with Gasteiger partial charge in [0.05, 0.1) is 11.4 Å². The van der Waals surface area contributed by atoms with Crippen LogP contribution in [0.25, 0.3) is 17.0 Å². The maximum Gasteiger partial charge on any atom is 0.255 e. The monoisotopic (exact) mass is 466 g/mol. The van der Waals surface area contributed by atoms with Gasteiger partial charge >= 0.3 is 0 Å². The fourth-order valence-electron chi connectivity index (χ4n) is 3.38. The predicted molar refractivity (Wildman–Crippen MR) is 126 cm³/mol. The molecule has 4 rings (SSSR count). The van der Waals surface area contributed by atoms with Crippen molar-refractivity contribution >= 4 is 34.7 Å². The number of amides is 2. The van der Waals surface area contributed by atoms with E-state index < -0.39 is 5.91 Å². The molecule has 10 heteroatoms. The van der Waals surface area contributed by atoms with Crippen LogP contribution in [0.15, 0.2) is 42.5 Å². The minimum Gasteiger partial charge on any atom is -0.508 e. The van der Waals surface area contributed by atoms with Crippen molar-refractivity contribution in [3.63, 3.8) is 0 Å². The third-order valence-electron chi connectivity index (χ3n) is 5.07. The normalized spacial score (nSPS) is 11.5. The molecule has 2 aromatic heterocycles. The first-order valence-corrected chi connectivity index (χ1v) is 10.6. The van der Waals surface area contributed by atoms with E-state index in [0.29, 0.717) is 44.6 Å². The minimum absolute atomic E-state index is 0.000121. The third-order valence-corrected chi connectivity index (χ3v) is 5.43. The highest BCUT2D eigenvalue weighted by Crippen LogP contribution is 2.34. The summed E-state index contributed by atoms with van der Waals surface area (Å²) in [5, 5.41) is 24.8. The van der Waals surface area contributed by atoms with Crippen LogP contribution < -0.4 is 10.6 Å². The first-order chi connectivity index (χ1) is 15.6. The number of rotatable bonds is 4. The van der Waals surface area contributed by atoms with Gasteiger partial charge in [0.1, 0.15) is 10.8 Å². The van der Waals surface area contributed by atoms with Crippen molar-refractivity contribution in [1.82, 2.24) is 25.1 Å². The van der Waals surface area contributed by atoms with Crippen LogP contribution in [0.3, 0.4) is 0 Å². The predicted octanol–water partition coefficient (Wildman–Crippen LogP) is 3.99. The zero-order valence-corrected chi connectivity index (χ0v) is 19.3. The van der Waals surface area contributed by atoms with Gasteiger partial charge in [-0.2, -0.15) is 5.10 Å². The molecule has 0 aliphatic heterocycles. The number of carbonyl (C=O) groups excluding carboxylic acids is 2. The molecule has 0 saturated carbocycles. The van der Waals surface area contributed by atoms with Gasteiger partial charge in [0.25, 0.3) is 11.8 Å². The molecule has 2 amide bonds. The summed E-state index contributed by atoms with van der Waals surface area (Å²) in [5.74, 6) is -0.345. The van der Waals surface area contributed by atoms with Crippen molar-refractivity contribution in [3.05, 3.63) is 64.3 Å². The summed E-state index contributed by atoms with van der Waals surface area (Å²) in [6.45, 7) is 6.01. The number of fused-ring (bicyclic) bond motifs is 1. The lowest BCUT2D eigenvalue weighted by atomic mass is 9.92. The molecular formula is C23H23ClN6O3. The maximum atomic E-state index is 12.9. The van der Waals surface area contributed by atoms with Crippen LogP contribution in [0.4, 0.5) is 5.69 Å². The molecule has 0 fully saturated rings. The summed E-state index contributed by atoms with van der Waals surface area (Å²) in [6.07, 6.45) is 0. The van der Waals surface area contributed by atoms with Gasteiger partial charge in [-0.05, 0) is 36.4 Å². The molecule has 4 aromatic rings. The number of hydrogen-bond acceptors (Lipinski definition) is 5. The van der Waals surface area contributed by atoms with Gasteiger partial charge in [-0.15, -0.1) is 9.73 Å². The van der Waals surface area contributed by atoms with E-state index in [9.17, 15) is 14.7 Å². The highest BCUT2D eigenvalue weighted by molar-refractivity contribution is 6.34. The molecule has 170 valence electrons. The van der Waals surface area contributed by atoms with Crippen LogP contribution in [0, 0.1) is 0 Å². The van der Waals surface area contributed by atoms with Crippen molar-refractivity contribution in [3.8, 4) is 17.1 Å². The SMILES string of the molecule is CNC(=O)c1cccc(C(=O)Nc2ccc(O)cc2-c2nn3nc(C(C)(C)C)c(Cl)c3[nH]2)c1. The Morgan fingerprint density at radius 3 is 2.39 bits per heavy atom. The number of H-pyrrole nitrogens is 1. The molecule has 2 aromatic carbocycles. The standard InChI is InChI=1S/C23H23ClN6O3/c1-23(2,3)18-17(24)20-27-19(29-30(20)28-18)15-11-14(31)8-9-16(15)26-22(33)13-7-5-6-12(10-13)21(32)25-4/h5-11,31H,1-4H3,(H,25,32)(H,26,33)(H,27,29). The lowest BCUT2D eigenvalue weighted by Gasteiger charge is -2.14. The third kappa shape index (κ3) is 4.27. The molecule has 0 bridgehead atoms. The number of phenols is 1. The molecule has 0 aliphatic rings. The number of halogens is 1. The quantitative estimate of drug-likeness (QED) is 0.338. The Hall–Kier alpha value is -3.85. The van der Waals surface area contributed by atoms with E-state index in [-0.39, 0.29) is 17.1 Å². The van der Waals surface area contributed by atoms with Gasteiger partial charge in [0.15, 0.2) is 11.5 Å². The fraction of sp³-hybridized carbons (Fsp3) is 0.217. The summed E-state index contributed by atoms with van der Waals surface area (Å²) in [6, 6.07) is 10.9. The van der Waals surface area contributed by atoms with Crippen LogP contribution in [0.5, 0.6) is 5.75 Å². The van der Waals surface area contributed by atoms with E-state index >= 15 is 0 Å². The Balaban J connectivity index is 1.70. The van der Waals surface area contributed by atoms with Gasteiger partial charge < -0.3 is 20.7 Å². The Labute approximate surface area is 194 Å². The van der Waals surface area contributed by atoms with Gasteiger partial charge in [0.2, 0.25) is 0 Å². The average molecular weight is 467 g/mol. The first kappa shape index (κ1) is 22.3. The number of nitrogens with zero attached hydrogens (tertiary/aromatic N) is 3. The Kier molecular flexibility index (Phi) is 5.59. The van der Waals surface area contributed by atoms with Crippen LogP contribution in [-0.2, 0) is 5.41 Å². The summed E-state index contributed by atoms with van der Waals surface area (Å²) in [7, 11) is 1.52. The van der Waals surface area contributed by atoms with E-state index in [1.807, 2.05) is 20.8 Å². The fourth-order valence-corrected chi connectivity index (χ4v) is 3.82. The highest BCUT2D eigenvalue weighted by Gasteiger charge is 2.26. The number of aromatic nitrogens is 4. The van der Waals surface area contributed by atoms with E-state index in [0.717, 1.165) is 0 Å². The number of aromatic amines is 1. The Morgan fingerprint density at radius 2 is 1.76 bits per heavy atom. The number of aromatic hydroxyl groups is 1.